The maximum atomic E-state index is 9.77. The molecular weight excluding hydrogens is 368 g/mol. The van der Waals surface area contributed by atoms with Crippen molar-refractivity contribution in [3.63, 3.8) is 0 Å². The molecule has 4 unspecified atom stereocenters. The topological polar surface area (TPSA) is 271 Å². The standard InChI is InChI=1S/2C4H6O6.H2O2.Ti/c2*5-1(3(7)8)2(6)4(9)10;1-2;/h2*1-2,5-6H,(H,7,8)(H,9,10);1-2H;. The second kappa shape index (κ2) is 15.3. The third-order valence-electron chi connectivity index (χ3n) is 1.61. The van der Waals surface area contributed by atoms with Gasteiger partial charge in [-0.3, -0.25) is 10.5 Å². The van der Waals surface area contributed by atoms with Gasteiger partial charge >= 0.3 is 23.9 Å². The van der Waals surface area contributed by atoms with Crippen molar-refractivity contribution in [2.45, 2.75) is 24.4 Å². The van der Waals surface area contributed by atoms with Crippen molar-refractivity contribution in [1.82, 2.24) is 0 Å². The zero-order valence-electron chi connectivity index (χ0n) is 10.9. The van der Waals surface area contributed by atoms with Crippen LogP contribution in [-0.4, -0.2) is 99.7 Å². The van der Waals surface area contributed by atoms with Gasteiger partial charge in [0.05, 0.1) is 0 Å². The van der Waals surface area contributed by atoms with Gasteiger partial charge in [-0.15, -0.1) is 0 Å². The number of hydrogen-bond acceptors (Lipinski definition) is 10. The first kappa shape index (κ1) is 29.4. The Morgan fingerprint density at radius 2 is 0.565 bits per heavy atom. The predicted molar refractivity (Wildman–Crippen MR) is 59.8 cm³/mol. The van der Waals surface area contributed by atoms with Gasteiger partial charge in [0, 0.05) is 21.7 Å². The van der Waals surface area contributed by atoms with Gasteiger partial charge in [0.15, 0.2) is 24.4 Å². The Hall–Kier alpha value is -1.65. The fraction of sp³-hybridized carbons (Fsp3) is 0.500. The van der Waals surface area contributed by atoms with Crippen LogP contribution in [0.15, 0.2) is 0 Å². The number of aliphatic carboxylic acids is 4. The number of carbonyl (C=O) groups is 4. The molecular formula is C8H14O14Ti. The van der Waals surface area contributed by atoms with Gasteiger partial charge in [-0.05, 0) is 0 Å². The molecule has 0 aliphatic carbocycles. The van der Waals surface area contributed by atoms with Gasteiger partial charge in [0.25, 0.3) is 0 Å². The van der Waals surface area contributed by atoms with Crippen molar-refractivity contribution in [1.29, 1.82) is 0 Å². The largest absolute Gasteiger partial charge is 0.479 e. The van der Waals surface area contributed by atoms with Gasteiger partial charge in [-0.1, -0.05) is 0 Å². The normalized spacial score (nSPS) is 14.0. The summed E-state index contributed by atoms with van der Waals surface area (Å²) in [6, 6.07) is 0. The van der Waals surface area contributed by atoms with Crippen LogP contribution in [0.2, 0.25) is 0 Å². The van der Waals surface area contributed by atoms with Crippen LogP contribution >= 0.6 is 0 Å². The van der Waals surface area contributed by atoms with Gasteiger partial charge in [0.2, 0.25) is 0 Å². The summed E-state index contributed by atoms with van der Waals surface area (Å²) < 4.78 is 0. The molecule has 15 heteroatoms. The zero-order valence-corrected chi connectivity index (χ0v) is 12.5. The molecule has 0 bridgehead atoms. The van der Waals surface area contributed by atoms with Crippen LogP contribution in [0.1, 0.15) is 0 Å². The molecule has 0 aliphatic rings. The number of carboxylic acid groups (broad SMARTS) is 4. The molecule has 4 atom stereocenters. The molecule has 134 valence electrons. The van der Waals surface area contributed by atoms with E-state index >= 15 is 0 Å². The van der Waals surface area contributed by atoms with Gasteiger partial charge in [-0.25, -0.2) is 19.2 Å². The van der Waals surface area contributed by atoms with E-state index in [9.17, 15) is 19.2 Å². The van der Waals surface area contributed by atoms with Crippen LogP contribution in [0.25, 0.3) is 0 Å². The van der Waals surface area contributed by atoms with E-state index in [1.54, 1.807) is 0 Å². The molecule has 0 amide bonds. The molecule has 0 aromatic heterocycles. The van der Waals surface area contributed by atoms with Gasteiger partial charge in [0.1, 0.15) is 0 Å². The summed E-state index contributed by atoms with van der Waals surface area (Å²) in [7, 11) is 0. The number of aliphatic hydroxyl groups is 4. The van der Waals surface area contributed by atoms with Crippen LogP contribution in [0.5, 0.6) is 0 Å². The average Bonchev–Trinajstić information content (AvgIpc) is 2.46. The molecule has 0 aromatic rings. The van der Waals surface area contributed by atoms with Crippen LogP contribution < -0.4 is 0 Å². The van der Waals surface area contributed by atoms with Crippen LogP contribution in [-0.2, 0) is 40.9 Å². The molecule has 0 aliphatic heterocycles. The van der Waals surface area contributed by atoms with E-state index in [0.717, 1.165) is 0 Å². The number of aliphatic hydroxyl groups excluding tert-OH is 4. The monoisotopic (exact) mass is 382 g/mol. The van der Waals surface area contributed by atoms with Crippen molar-refractivity contribution >= 4 is 23.9 Å². The minimum atomic E-state index is -2.27. The molecule has 0 spiro atoms. The molecule has 0 fully saturated rings. The Morgan fingerprint density at radius 1 is 0.478 bits per heavy atom. The molecule has 0 rings (SSSR count). The van der Waals surface area contributed by atoms with E-state index in [1.165, 1.54) is 0 Å². The fourth-order valence-electron chi connectivity index (χ4n) is 0.540. The summed E-state index contributed by atoms with van der Waals surface area (Å²) in [5.74, 6) is -7.07. The predicted octanol–water partition coefficient (Wildman–Crippen LogP) is -4.23. The smallest absolute Gasteiger partial charge is 0.335 e. The summed E-state index contributed by atoms with van der Waals surface area (Å²) in [5.41, 5.74) is 0. The third kappa shape index (κ3) is 13.7. The van der Waals surface area contributed by atoms with E-state index in [4.69, 9.17) is 51.4 Å². The van der Waals surface area contributed by atoms with E-state index in [1.807, 2.05) is 0 Å². The number of rotatable bonds is 6. The Kier molecular flexibility index (Phi) is 19.5. The molecule has 14 nitrogen and oxygen atoms in total. The molecule has 0 radical (unpaired) electrons. The van der Waals surface area contributed by atoms with E-state index in [2.05, 4.69) is 0 Å². The maximum Gasteiger partial charge on any atom is 0.335 e. The maximum absolute atomic E-state index is 9.77. The van der Waals surface area contributed by atoms with Crippen molar-refractivity contribution in [3.05, 3.63) is 0 Å². The van der Waals surface area contributed by atoms with Gasteiger partial charge in [-0.2, -0.15) is 0 Å². The average molecular weight is 382 g/mol. The van der Waals surface area contributed by atoms with Crippen LogP contribution in [0.3, 0.4) is 0 Å². The fourth-order valence-corrected chi connectivity index (χ4v) is 0.540. The van der Waals surface area contributed by atoms with Crippen LogP contribution in [0, 0.1) is 0 Å². The van der Waals surface area contributed by atoms with Crippen molar-refractivity contribution in [3.8, 4) is 0 Å². The van der Waals surface area contributed by atoms with E-state index in [-0.39, 0.29) is 21.7 Å². The first-order valence-corrected chi connectivity index (χ1v) is 4.77. The summed E-state index contributed by atoms with van der Waals surface area (Å²) in [5, 5.41) is 77.1. The Morgan fingerprint density at radius 3 is 0.609 bits per heavy atom. The van der Waals surface area contributed by atoms with E-state index < -0.39 is 48.3 Å². The minimum absolute atomic E-state index is 0. The second-order valence-corrected chi connectivity index (χ2v) is 3.13. The third-order valence-corrected chi connectivity index (χ3v) is 1.61. The number of hydrogen-bond donors (Lipinski definition) is 10. The molecule has 0 saturated carbocycles. The summed E-state index contributed by atoms with van der Waals surface area (Å²) in [6.45, 7) is 0. The van der Waals surface area contributed by atoms with Crippen LogP contribution in [0.4, 0.5) is 0 Å². The summed E-state index contributed by atoms with van der Waals surface area (Å²) in [6.07, 6.45) is -9.06. The van der Waals surface area contributed by atoms with Crippen molar-refractivity contribution < 1.29 is 92.3 Å². The molecule has 0 saturated heterocycles. The SMILES string of the molecule is O=C(O)C(O)C(O)C(=O)O.O=C(O)C(O)C(O)C(=O)O.OO.[Ti]. The van der Waals surface area contributed by atoms with Gasteiger partial charge < -0.3 is 40.9 Å². The second-order valence-electron chi connectivity index (χ2n) is 3.13. The first-order valence-electron chi connectivity index (χ1n) is 4.77. The molecule has 23 heavy (non-hydrogen) atoms. The Balaban J connectivity index is -0.000000136. The van der Waals surface area contributed by atoms with Crippen molar-refractivity contribution in [2.24, 2.45) is 0 Å². The first-order chi connectivity index (χ1) is 9.93. The summed E-state index contributed by atoms with van der Waals surface area (Å²) in [4.78, 5) is 39.1. The van der Waals surface area contributed by atoms with Crippen molar-refractivity contribution in [2.75, 3.05) is 0 Å². The minimum Gasteiger partial charge on any atom is -0.479 e. The Labute approximate surface area is 141 Å². The molecule has 0 aromatic carbocycles. The Bertz CT molecular complexity index is 311. The molecule has 10 N–H and O–H groups in total. The molecule has 0 heterocycles. The number of carboxylic acids is 4. The zero-order chi connectivity index (χ0) is 18.6. The quantitative estimate of drug-likeness (QED) is 0.118. The summed E-state index contributed by atoms with van der Waals surface area (Å²) >= 11 is 0. The van der Waals surface area contributed by atoms with E-state index in [0.29, 0.717) is 0 Å².